The lowest BCUT2D eigenvalue weighted by Gasteiger charge is -2.33. The summed E-state index contributed by atoms with van der Waals surface area (Å²) in [4.78, 5) is 0.382. The van der Waals surface area contributed by atoms with Crippen LogP contribution in [0.4, 0.5) is 5.69 Å². The van der Waals surface area contributed by atoms with Crippen molar-refractivity contribution < 1.29 is 8.42 Å². The molecule has 4 nitrogen and oxygen atoms in total. The molecule has 0 aromatic heterocycles. The SMILES string of the molecule is CCNc1ccccc1S(=O)(=O)N(C)C1CCC(C)CC1. The summed E-state index contributed by atoms with van der Waals surface area (Å²) in [5.74, 6) is 0.714. The number of para-hydroxylation sites is 1. The van der Waals surface area contributed by atoms with E-state index in [2.05, 4.69) is 12.2 Å². The second-order valence-corrected chi connectivity index (χ2v) is 7.93. The van der Waals surface area contributed by atoms with E-state index in [1.54, 1.807) is 23.5 Å². The lowest BCUT2D eigenvalue weighted by atomic mass is 9.87. The van der Waals surface area contributed by atoms with Crippen molar-refractivity contribution in [3.63, 3.8) is 0 Å². The molecule has 0 heterocycles. The third-order valence-electron chi connectivity index (χ3n) is 4.41. The van der Waals surface area contributed by atoms with Crippen LogP contribution in [0.25, 0.3) is 0 Å². The molecule has 21 heavy (non-hydrogen) atoms. The van der Waals surface area contributed by atoms with Gasteiger partial charge in [-0.05, 0) is 50.7 Å². The van der Waals surface area contributed by atoms with E-state index in [0.717, 1.165) is 25.7 Å². The number of nitrogens with zero attached hydrogens (tertiary/aromatic N) is 1. The molecule has 2 rings (SSSR count). The zero-order valence-corrected chi connectivity index (χ0v) is 14.0. The molecule has 0 amide bonds. The fourth-order valence-corrected chi connectivity index (χ4v) is 4.57. The molecular formula is C16H26N2O2S. The fourth-order valence-electron chi connectivity index (χ4n) is 2.99. The first-order chi connectivity index (χ1) is 9.96. The van der Waals surface area contributed by atoms with Gasteiger partial charge >= 0.3 is 0 Å². The second-order valence-electron chi connectivity index (χ2n) is 5.96. The molecule has 0 bridgehead atoms. The molecule has 0 unspecified atom stereocenters. The number of rotatable bonds is 5. The summed E-state index contributed by atoms with van der Waals surface area (Å²) in [5.41, 5.74) is 0.691. The minimum absolute atomic E-state index is 0.126. The molecule has 0 saturated heterocycles. The Morgan fingerprint density at radius 1 is 1.19 bits per heavy atom. The number of sulfonamides is 1. The van der Waals surface area contributed by atoms with Gasteiger partial charge in [0.15, 0.2) is 0 Å². The average molecular weight is 310 g/mol. The van der Waals surface area contributed by atoms with E-state index < -0.39 is 10.0 Å². The van der Waals surface area contributed by atoms with Crippen molar-refractivity contribution in [2.45, 2.75) is 50.5 Å². The van der Waals surface area contributed by atoms with Crippen LogP contribution in [0.2, 0.25) is 0 Å². The van der Waals surface area contributed by atoms with Crippen molar-refractivity contribution in [2.75, 3.05) is 18.9 Å². The zero-order valence-electron chi connectivity index (χ0n) is 13.2. The first-order valence-electron chi connectivity index (χ1n) is 7.77. The molecule has 0 spiro atoms. The molecule has 1 aromatic rings. The van der Waals surface area contributed by atoms with Crippen LogP contribution in [0.1, 0.15) is 39.5 Å². The van der Waals surface area contributed by atoms with Crippen LogP contribution >= 0.6 is 0 Å². The van der Waals surface area contributed by atoms with Crippen LogP contribution in [0, 0.1) is 5.92 Å². The summed E-state index contributed by atoms with van der Waals surface area (Å²) in [7, 11) is -1.72. The normalized spacial score (nSPS) is 23.2. The van der Waals surface area contributed by atoms with E-state index in [0.29, 0.717) is 23.0 Å². The highest BCUT2D eigenvalue weighted by Gasteiger charge is 2.31. The Kier molecular flexibility index (Phi) is 5.27. The Bertz CT molecular complexity index is 563. The monoisotopic (exact) mass is 310 g/mol. The molecular weight excluding hydrogens is 284 g/mol. The summed E-state index contributed by atoms with van der Waals surface area (Å²) in [6.07, 6.45) is 4.14. The van der Waals surface area contributed by atoms with Gasteiger partial charge in [0.1, 0.15) is 4.90 Å². The maximum absolute atomic E-state index is 12.9. The highest BCUT2D eigenvalue weighted by Crippen LogP contribution is 2.31. The molecule has 5 heteroatoms. The van der Waals surface area contributed by atoms with Crippen molar-refractivity contribution in [3.05, 3.63) is 24.3 Å². The topological polar surface area (TPSA) is 49.4 Å². The van der Waals surface area contributed by atoms with Crippen LogP contribution in [0.5, 0.6) is 0 Å². The lowest BCUT2D eigenvalue weighted by Crippen LogP contribution is -2.39. The third-order valence-corrected chi connectivity index (χ3v) is 6.38. The molecule has 1 N–H and O–H groups in total. The Morgan fingerprint density at radius 2 is 1.81 bits per heavy atom. The van der Waals surface area contributed by atoms with Crippen LogP contribution in [0.15, 0.2) is 29.2 Å². The summed E-state index contributed by atoms with van der Waals surface area (Å²) >= 11 is 0. The Morgan fingerprint density at radius 3 is 2.43 bits per heavy atom. The predicted octanol–water partition coefficient (Wildman–Crippen LogP) is 3.32. The fraction of sp³-hybridized carbons (Fsp3) is 0.625. The van der Waals surface area contributed by atoms with Gasteiger partial charge in [-0.15, -0.1) is 0 Å². The van der Waals surface area contributed by atoms with Crippen LogP contribution in [-0.4, -0.2) is 32.4 Å². The highest BCUT2D eigenvalue weighted by atomic mass is 32.2. The van der Waals surface area contributed by atoms with Crippen molar-refractivity contribution in [2.24, 2.45) is 5.92 Å². The second kappa shape index (κ2) is 6.79. The average Bonchev–Trinajstić information content (AvgIpc) is 2.48. The molecule has 0 radical (unpaired) electrons. The van der Waals surface area contributed by atoms with E-state index in [4.69, 9.17) is 0 Å². The molecule has 1 aliphatic rings. The number of hydrogen-bond acceptors (Lipinski definition) is 3. The molecule has 0 atom stereocenters. The van der Waals surface area contributed by atoms with Crippen molar-refractivity contribution >= 4 is 15.7 Å². The summed E-state index contributed by atoms with van der Waals surface area (Å²) in [5, 5.41) is 3.14. The Balaban J connectivity index is 2.25. The van der Waals surface area contributed by atoms with Gasteiger partial charge in [0.05, 0.1) is 5.69 Å². The van der Waals surface area contributed by atoms with E-state index in [1.807, 2.05) is 19.1 Å². The predicted molar refractivity (Wildman–Crippen MR) is 87.0 cm³/mol. The zero-order chi connectivity index (χ0) is 15.5. The minimum Gasteiger partial charge on any atom is -0.384 e. The van der Waals surface area contributed by atoms with E-state index in [1.165, 1.54) is 0 Å². The van der Waals surface area contributed by atoms with Gasteiger partial charge in [0.25, 0.3) is 0 Å². The number of hydrogen-bond donors (Lipinski definition) is 1. The highest BCUT2D eigenvalue weighted by molar-refractivity contribution is 7.89. The van der Waals surface area contributed by atoms with Gasteiger partial charge in [-0.2, -0.15) is 4.31 Å². The third kappa shape index (κ3) is 3.58. The lowest BCUT2D eigenvalue weighted by molar-refractivity contribution is 0.246. The molecule has 118 valence electrons. The largest absolute Gasteiger partial charge is 0.384 e. The quantitative estimate of drug-likeness (QED) is 0.907. The van der Waals surface area contributed by atoms with E-state index in [9.17, 15) is 8.42 Å². The molecule has 1 fully saturated rings. The van der Waals surface area contributed by atoms with Gasteiger partial charge in [-0.1, -0.05) is 19.1 Å². The van der Waals surface area contributed by atoms with Gasteiger partial charge < -0.3 is 5.32 Å². The Hall–Kier alpha value is -1.07. The Labute approximate surface area is 128 Å². The smallest absolute Gasteiger partial charge is 0.245 e. The first kappa shape index (κ1) is 16.3. The molecule has 1 saturated carbocycles. The van der Waals surface area contributed by atoms with Crippen LogP contribution < -0.4 is 5.32 Å². The minimum atomic E-state index is -3.44. The number of anilines is 1. The van der Waals surface area contributed by atoms with E-state index >= 15 is 0 Å². The molecule has 1 aliphatic carbocycles. The summed E-state index contributed by atoms with van der Waals surface area (Å²) in [6.45, 7) is 4.91. The van der Waals surface area contributed by atoms with Crippen molar-refractivity contribution in [1.29, 1.82) is 0 Å². The molecule has 0 aliphatic heterocycles. The maximum atomic E-state index is 12.9. The summed E-state index contributed by atoms with van der Waals surface area (Å²) in [6, 6.07) is 7.28. The van der Waals surface area contributed by atoms with Crippen molar-refractivity contribution in [1.82, 2.24) is 4.31 Å². The van der Waals surface area contributed by atoms with Crippen molar-refractivity contribution in [3.8, 4) is 0 Å². The molecule has 1 aromatic carbocycles. The number of benzene rings is 1. The first-order valence-corrected chi connectivity index (χ1v) is 9.21. The van der Waals surface area contributed by atoms with Gasteiger partial charge in [0.2, 0.25) is 10.0 Å². The van der Waals surface area contributed by atoms with Gasteiger partial charge in [-0.25, -0.2) is 8.42 Å². The van der Waals surface area contributed by atoms with E-state index in [-0.39, 0.29) is 6.04 Å². The standard InChI is InChI=1S/C16H26N2O2S/c1-4-17-15-7-5-6-8-16(15)21(19,20)18(3)14-11-9-13(2)10-12-14/h5-8,13-14,17H,4,9-12H2,1-3H3. The van der Waals surface area contributed by atoms with Gasteiger partial charge in [0, 0.05) is 19.6 Å². The van der Waals surface area contributed by atoms with Crippen LogP contribution in [0.3, 0.4) is 0 Å². The number of nitrogens with one attached hydrogen (secondary N) is 1. The summed E-state index contributed by atoms with van der Waals surface area (Å²) < 4.78 is 27.4. The van der Waals surface area contributed by atoms with Gasteiger partial charge in [-0.3, -0.25) is 0 Å². The van der Waals surface area contributed by atoms with Crippen LogP contribution in [-0.2, 0) is 10.0 Å². The maximum Gasteiger partial charge on any atom is 0.245 e.